The van der Waals surface area contributed by atoms with Crippen molar-refractivity contribution in [2.45, 2.75) is 90.6 Å². The molecule has 0 bridgehead atoms. The maximum absolute atomic E-state index is 11.4. The smallest absolute Gasteiger partial charge is 0.303 e. The molecule has 3 nitrogen and oxygen atoms in total. The lowest BCUT2D eigenvalue weighted by Gasteiger charge is -2.12. The maximum atomic E-state index is 11.4. The minimum atomic E-state index is -0.227. The summed E-state index contributed by atoms with van der Waals surface area (Å²) in [4.78, 5) is 21.8. The molecule has 3 heteroatoms. The Labute approximate surface area is 177 Å². The molecule has 0 spiro atoms. The van der Waals surface area contributed by atoms with Gasteiger partial charge in [-0.25, -0.2) is 0 Å². The van der Waals surface area contributed by atoms with E-state index < -0.39 is 0 Å². The Balaban J connectivity index is 2.54. The highest BCUT2D eigenvalue weighted by Crippen LogP contribution is 2.15. The Morgan fingerprint density at radius 3 is 2.52 bits per heavy atom. The third-order valence-electron chi connectivity index (χ3n) is 4.95. The van der Waals surface area contributed by atoms with Crippen molar-refractivity contribution < 1.29 is 14.3 Å². The Kier molecular flexibility index (Phi) is 14.4. The molecule has 160 valence electrons. The quantitative estimate of drug-likeness (QED) is 0.132. The summed E-state index contributed by atoms with van der Waals surface area (Å²) in [5, 5.41) is 0. The van der Waals surface area contributed by atoms with E-state index in [1.165, 1.54) is 50.2 Å². The van der Waals surface area contributed by atoms with Crippen molar-refractivity contribution in [1.29, 1.82) is 0 Å². The summed E-state index contributed by atoms with van der Waals surface area (Å²) < 4.78 is 5.44. The van der Waals surface area contributed by atoms with Gasteiger partial charge in [0.25, 0.3) is 0 Å². The number of hydrogen-bond acceptors (Lipinski definition) is 3. The van der Waals surface area contributed by atoms with E-state index in [0.29, 0.717) is 6.42 Å². The van der Waals surface area contributed by atoms with Gasteiger partial charge in [-0.15, -0.1) is 0 Å². The van der Waals surface area contributed by atoms with Gasteiger partial charge in [0, 0.05) is 13.3 Å². The summed E-state index contributed by atoms with van der Waals surface area (Å²) in [6.45, 7) is 3.69. The van der Waals surface area contributed by atoms with Gasteiger partial charge in [-0.1, -0.05) is 81.5 Å². The average Bonchev–Trinajstić information content (AvgIpc) is 2.71. The van der Waals surface area contributed by atoms with Crippen molar-refractivity contribution in [1.82, 2.24) is 0 Å². The number of aryl methyl sites for hydroxylation is 1. The van der Waals surface area contributed by atoms with Gasteiger partial charge in [-0.2, -0.15) is 0 Å². The summed E-state index contributed by atoms with van der Waals surface area (Å²) >= 11 is 0. The fourth-order valence-electron chi connectivity index (χ4n) is 3.35. The summed E-state index contributed by atoms with van der Waals surface area (Å²) in [6.07, 6.45) is 20.7. The monoisotopic (exact) mass is 398 g/mol. The molecule has 0 saturated heterocycles. The van der Waals surface area contributed by atoms with Crippen molar-refractivity contribution in [3.63, 3.8) is 0 Å². The number of esters is 1. The second kappa shape index (κ2) is 16.8. The molecule has 0 saturated carbocycles. The molecule has 1 aromatic rings. The normalized spacial score (nSPS) is 12.5. The number of ether oxygens (including phenoxy) is 1. The van der Waals surface area contributed by atoms with E-state index in [1.54, 1.807) is 0 Å². The number of unbranched alkanes of at least 4 members (excludes halogenated alkanes) is 7. The van der Waals surface area contributed by atoms with Gasteiger partial charge in [0.05, 0.1) is 0 Å². The van der Waals surface area contributed by atoms with Crippen LogP contribution in [0.3, 0.4) is 0 Å². The molecule has 1 aromatic carbocycles. The highest BCUT2D eigenvalue weighted by Gasteiger charge is 2.07. The fraction of sp³-hybridized carbons (Fsp3) is 0.538. The first-order valence-corrected chi connectivity index (χ1v) is 11.2. The minimum absolute atomic E-state index is 0.151. The number of carbonyl (C=O) groups excluding carboxylic acids is 2. The van der Waals surface area contributed by atoms with Crippen LogP contribution in [0.25, 0.3) is 6.08 Å². The number of rotatable bonds is 16. The molecule has 1 rings (SSSR count). The SMILES string of the molecule is CCCCCCCCC(/C=C/C=C/c1ccccc1CCCCC=O)OC(C)=O. The zero-order valence-corrected chi connectivity index (χ0v) is 18.3. The average molecular weight is 399 g/mol. The van der Waals surface area contributed by atoms with Crippen LogP contribution in [0.1, 0.15) is 89.2 Å². The van der Waals surface area contributed by atoms with Crippen molar-refractivity contribution in [3.8, 4) is 0 Å². The topological polar surface area (TPSA) is 43.4 Å². The van der Waals surface area contributed by atoms with Crippen molar-refractivity contribution in [2.75, 3.05) is 0 Å². The van der Waals surface area contributed by atoms with E-state index in [-0.39, 0.29) is 12.1 Å². The van der Waals surface area contributed by atoms with Crippen LogP contribution in [0, 0.1) is 0 Å². The van der Waals surface area contributed by atoms with Gasteiger partial charge in [-0.3, -0.25) is 4.79 Å². The number of carbonyl (C=O) groups is 2. The fourth-order valence-corrected chi connectivity index (χ4v) is 3.35. The third kappa shape index (κ3) is 12.8. The van der Waals surface area contributed by atoms with E-state index in [0.717, 1.165) is 38.4 Å². The van der Waals surface area contributed by atoms with Gasteiger partial charge in [0.15, 0.2) is 0 Å². The van der Waals surface area contributed by atoms with Crippen LogP contribution in [-0.2, 0) is 20.7 Å². The lowest BCUT2D eigenvalue weighted by Crippen LogP contribution is -2.13. The Morgan fingerprint density at radius 2 is 1.76 bits per heavy atom. The molecule has 0 aliphatic rings. The zero-order valence-electron chi connectivity index (χ0n) is 18.3. The molecule has 1 unspecified atom stereocenters. The first kappa shape index (κ1) is 24.9. The number of allylic oxidation sites excluding steroid dienone is 2. The molecular formula is C26H38O3. The number of aldehydes is 1. The summed E-state index contributed by atoms with van der Waals surface area (Å²) in [6, 6.07) is 8.35. The Hall–Kier alpha value is -2.16. The van der Waals surface area contributed by atoms with E-state index in [2.05, 4.69) is 31.2 Å². The van der Waals surface area contributed by atoms with Gasteiger partial charge >= 0.3 is 5.97 Å². The Bertz CT molecular complexity index is 631. The van der Waals surface area contributed by atoms with Gasteiger partial charge in [0.2, 0.25) is 0 Å². The number of hydrogen-bond donors (Lipinski definition) is 0. The molecule has 1 atom stereocenters. The standard InChI is InChI=1S/C26H38O3/c1-3-4-5-6-7-10-20-26(29-23(2)28)21-14-13-19-25-18-12-11-17-24(25)16-9-8-15-22-27/h11-14,17-19,21-22,26H,3-10,15-16,20H2,1-2H3/b19-13+,21-14+. The van der Waals surface area contributed by atoms with E-state index >= 15 is 0 Å². The van der Waals surface area contributed by atoms with Crippen molar-refractivity contribution in [3.05, 3.63) is 53.6 Å². The second-order valence-electron chi connectivity index (χ2n) is 7.56. The maximum Gasteiger partial charge on any atom is 0.303 e. The van der Waals surface area contributed by atoms with Crippen LogP contribution in [0.15, 0.2) is 42.5 Å². The van der Waals surface area contributed by atoms with Gasteiger partial charge in [-0.05, 0) is 49.3 Å². The summed E-state index contributed by atoms with van der Waals surface area (Å²) in [5.41, 5.74) is 2.50. The van der Waals surface area contributed by atoms with Crippen LogP contribution in [-0.4, -0.2) is 18.4 Å². The van der Waals surface area contributed by atoms with E-state index in [9.17, 15) is 9.59 Å². The third-order valence-corrected chi connectivity index (χ3v) is 4.95. The van der Waals surface area contributed by atoms with Crippen LogP contribution in [0.5, 0.6) is 0 Å². The van der Waals surface area contributed by atoms with Crippen LogP contribution >= 0.6 is 0 Å². The van der Waals surface area contributed by atoms with Crippen LogP contribution in [0.4, 0.5) is 0 Å². The molecule has 0 heterocycles. The van der Waals surface area contributed by atoms with Crippen LogP contribution in [0.2, 0.25) is 0 Å². The predicted molar refractivity (Wildman–Crippen MR) is 122 cm³/mol. The highest BCUT2D eigenvalue weighted by molar-refractivity contribution is 5.66. The minimum Gasteiger partial charge on any atom is -0.458 e. The highest BCUT2D eigenvalue weighted by atomic mass is 16.5. The summed E-state index contributed by atoms with van der Waals surface area (Å²) in [7, 11) is 0. The molecule has 0 amide bonds. The lowest BCUT2D eigenvalue weighted by molar-refractivity contribution is -0.144. The largest absolute Gasteiger partial charge is 0.458 e. The molecule has 0 aliphatic heterocycles. The molecule has 0 radical (unpaired) electrons. The predicted octanol–water partition coefficient (Wildman–Crippen LogP) is 6.85. The second-order valence-corrected chi connectivity index (χ2v) is 7.56. The van der Waals surface area contributed by atoms with Gasteiger partial charge < -0.3 is 9.53 Å². The molecule has 0 aromatic heterocycles. The first-order valence-electron chi connectivity index (χ1n) is 11.2. The lowest BCUT2D eigenvalue weighted by atomic mass is 10.0. The van der Waals surface area contributed by atoms with Crippen molar-refractivity contribution in [2.24, 2.45) is 0 Å². The molecular weight excluding hydrogens is 360 g/mol. The van der Waals surface area contributed by atoms with Gasteiger partial charge in [0.1, 0.15) is 12.4 Å². The number of benzene rings is 1. The van der Waals surface area contributed by atoms with Crippen LogP contribution < -0.4 is 0 Å². The van der Waals surface area contributed by atoms with E-state index in [4.69, 9.17) is 4.74 Å². The van der Waals surface area contributed by atoms with Crippen molar-refractivity contribution >= 4 is 18.3 Å². The summed E-state index contributed by atoms with van der Waals surface area (Å²) in [5.74, 6) is -0.227. The zero-order chi connectivity index (χ0) is 21.2. The molecule has 29 heavy (non-hydrogen) atoms. The molecule has 0 aliphatic carbocycles. The van der Waals surface area contributed by atoms with E-state index in [1.807, 2.05) is 24.3 Å². The first-order chi connectivity index (χ1) is 14.2. The molecule has 0 N–H and O–H groups in total. The molecule has 0 fully saturated rings. The Morgan fingerprint density at radius 1 is 1.00 bits per heavy atom.